The van der Waals surface area contributed by atoms with E-state index in [2.05, 4.69) is 22.4 Å². The van der Waals surface area contributed by atoms with Crippen molar-refractivity contribution in [2.45, 2.75) is 58.1 Å². The van der Waals surface area contributed by atoms with E-state index < -0.39 is 0 Å². The fourth-order valence-corrected chi connectivity index (χ4v) is 2.33. The lowest BCUT2D eigenvalue weighted by molar-refractivity contribution is 0.0477. The minimum Gasteiger partial charge on any atom is -0.370 e. The van der Waals surface area contributed by atoms with Crippen molar-refractivity contribution in [1.29, 1.82) is 0 Å². The van der Waals surface area contributed by atoms with Gasteiger partial charge in [0, 0.05) is 6.61 Å². The van der Waals surface area contributed by atoms with Gasteiger partial charge >= 0.3 is 0 Å². The summed E-state index contributed by atoms with van der Waals surface area (Å²) in [5.74, 6) is 1.41. The van der Waals surface area contributed by atoms with Crippen LogP contribution in [0.1, 0.15) is 69.8 Å². The summed E-state index contributed by atoms with van der Waals surface area (Å²) >= 11 is 0. The molecule has 1 aliphatic heterocycles. The summed E-state index contributed by atoms with van der Waals surface area (Å²) in [6, 6.07) is 0.226. The Morgan fingerprint density at radius 3 is 3.00 bits per heavy atom. The number of piperidine rings is 1. The van der Waals surface area contributed by atoms with Crippen molar-refractivity contribution >= 4 is 0 Å². The first-order chi connectivity index (χ1) is 8.85. The molecule has 2 rings (SSSR count). The largest absolute Gasteiger partial charge is 0.370 e. The summed E-state index contributed by atoms with van der Waals surface area (Å²) in [5, 5.41) is 7.49. The van der Waals surface area contributed by atoms with Gasteiger partial charge in [0.1, 0.15) is 6.10 Å². The number of nitrogens with zero attached hydrogens (tertiary/aromatic N) is 2. The van der Waals surface area contributed by atoms with Gasteiger partial charge < -0.3 is 14.6 Å². The van der Waals surface area contributed by atoms with Crippen molar-refractivity contribution in [2.24, 2.45) is 0 Å². The van der Waals surface area contributed by atoms with E-state index in [0.29, 0.717) is 18.3 Å². The van der Waals surface area contributed by atoms with Gasteiger partial charge in [-0.2, -0.15) is 4.98 Å². The topological polar surface area (TPSA) is 60.2 Å². The first-order valence-corrected chi connectivity index (χ1v) is 7.03. The van der Waals surface area contributed by atoms with Gasteiger partial charge in [0.05, 0.1) is 6.04 Å². The predicted molar refractivity (Wildman–Crippen MR) is 68.2 cm³/mol. The monoisotopic (exact) mass is 253 g/mol. The molecule has 0 aromatic carbocycles. The maximum Gasteiger partial charge on any atom is 0.243 e. The Kier molecular flexibility index (Phi) is 5.13. The molecule has 2 atom stereocenters. The molecule has 0 amide bonds. The lowest BCUT2D eigenvalue weighted by Gasteiger charge is -2.19. The van der Waals surface area contributed by atoms with E-state index in [1.165, 1.54) is 12.8 Å². The second-order valence-electron chi connectivity index (χ2n) is 4.73. The van der Waals surface area contributed by atoms with E-state index in [1.807, 2.05) is 6.92 Å². The summed E-state index contributed by atoms with van der Waals surface area (Å²) in [7, 11) is 0. The van der Waals surface area contributed by atoms with Crippen molar-refractivity contribution in [3.05, 3.63) is 11.7 Å². The molecule has 1 aromatic rings. The van der Waals surface area contributed by atoms with E-state index in [0.717, 1.165) is 25.8 Å². The average Bonchev–Trinajstić information content (AvgIpc) is 2.89. The quantitative estimate of drug-likeness (QED) is 0.844. The van der Waals surface area contributed by atoms with Crippen LogP contribution in [0, 0.1) is 0 Å². The highest BCUT2D eigenvalue weighted by Crippen LogP contribution is 2.25. The Morgan fingerprint density at radius 1 is 1.44 bits per heavy atom. The van der Waals surface area contributed by atoms with Gasteiger partial charge in [0.15, 0.2) is 0 Å². The molecule has 0 saturated carbocycles. The zero-order valence-corrected chi connectivity index (χ0v) is 11.3. The number of hydrogen-bond donors (Lipinski definition) is 1. The van der Waals surface area contributed by atoms with Gasteiger partial charge in [-0.1, -0.05) is 24.9 Å². The molecular formula is C13H23N3O2. The molecular weight excluding hydrogens is 230 g/mol. The molecule has 102 valence electrons. The van der Waals surface area contributed by atoms with Crippen LogP contribution in [0.2, 0.25) is 0 Å². The molecule has 0 bridgehead atoms. The Balaban J connectivity index is 2.02. The summed E-state index contributed by atoms with van der Waals surface area (Å²) in [6.45, 7) is 5.84. The highest BCUT2D eigenvalue weighted by molar-refractivity contribution is 4.97. The average molecular weight is 253 g/mol. The number of aromatic nitrogens is 2. The highest BCUT2D eigenvalue weighted by Gasteiger charge is 2.24. The van der Waals surface area contributed by atoms with Gasteiger partial charge in [-0.25, -0.2) is 0 Å². The maximum atomic E-state index is 5.66. The minimum absolute atomic E-state index is 0.0268. The second kappa shape index (κ2) is 6.85. The highest BCUT2D eigenvalue weighted by atomic mass is 16.5. The first kappa shape index (κ1) is 13.5. The van der Waals surface area contributed by atoms with E-state index in [-0.39, 0.29) is 12.1 Å². The molecule has 0 spiro atoms. The number of rotatable bonds is 6. The summed E-state index contributed by atoms with van der Waals surface area (Å²) in [5.41, 5.74) is 0. The molecule has 2 heterocycles. The van der Waals surface area contributed by atoms with Crippen molar-refractivity contribution in [2.75, 3.05) is 13.2 Å². The summed E-state index contributed by atoms with van der Waals surface area (Å²) in [4.78, 5) is 4.51. The number of nitrogens with one attached hydrogen (secondary N) is 1. The SMILES string of the molecule is CCCC(OCC)c1noc([C@@H]2CCCCN2)n1. The van der Waals surface area contributed by atoms with E-state index in [1.54, 1.807) is 0 Å². The van der Waals surface area contributed by atoms with E-state index in [9.17, 15) is 0 Å². The molecule has 1 aliphatic rings. The number of hydrogen-bond acceptors (Lipinski definition) is 5. The molecule has 1 aromatic heterocycles. The fourth-order valence-electron chi connectivity index (χ4n) is 2.33. The minimum atomic E-state index is -0.0268. The molecule has 5 nitrogen and oxygen atoms in total. The molecule has 0 radical (unpaired) electrons. The van der Waals surface area contributed by atoms with Gasteiger partial charge in [-0.15, -0.1) is 0 Å². The third-order valence-corrected chi connectivity index (χ3v) is 3.27. The first-order valence-electron chi connectivity index (χ1n) is 7.03. The smallest absolute Gasteiger partial charge is 0.243 e. The zero-order valence-electron chi connectivity index (χ0n) is 11.3. The van der Waals surface area contributed by atoms with Gasteiger partial charge in [0.2, 0.25) is 11.7 Å². The zero-order chi connectivity index (χ0) is 12.8. The molecule has 1 N–H and O–H groups in total. The van der Waals surface area contributed by atoms with Crippen LogP contribution >= 0.6 is 0 Å². The van der Waals surface area contributed by atoms with E-state index >= 15 is 0 Å². The lowest BCUT2D eigenvalue weighted by Crippen LogP contribution is -2.27. The standard InChI is InChI=1S/C13H23N3O2/c1-3-7-11(17-4-2)12-15-13(18-16-12)10-8-5-6-9-14-10/h10-11,14H,3-9H2,1-2H3/t10-,11?/m0/s1. The van der Waals surface area contributed by atoms with Crippen LogP contribution in [-0.4, -0.2) is 23.3 Å². The molecule has 5 heteroatoms. The van der Waals surface area contributed by atoms with E-state index in [4.69, 9.17) is 9.26 Å². The van der Waals surface area contributed by atoms with Gasteiger partial charge in [-0.05, 0) is 32.7 Å². The van der Waals surface area contributed by atoms with Crippen molar-refractivity contribution in [1.82, 2.24) is 15.5 Å². The van der Waals surface area contributed by atoms with Crippen LogP contribution < -0.4 is 5.32 Å². The summed E-state index contributed by atoms with van der Waals surface area (Å²) < 4.78 is 11.0. The number of ether oxygens (including phenoxy) is 1. The van der Waals surface area contributed by atoms with Crippen LogP contribution in [0.25, 0.3) is 0 Å². The van der Waals surface area contributed by atoms with Gasteiger partial charge in [-0.3, -0.25) is 0 Å². The van der Waals surface area contributed by atoms with Crippen molar-refractivity contribution < 1.29 is 9.26 Å². The fraction of sp³-hybridized carbons (Fsp3) is 0.846. The summed E-state index contributed by atoms with van der Waals surface area (Å²) in [6.07, 6.45) is 5.49. The molecule has 1 fully saturated rings. The van der Waals surface area contributed by atoms with Crippen molar-refractivity contribution in [3.63, 3.8) is 0 Å². The van der Waals surface area contributed by atoms with Crippen LogP contribution in [0.3, 0.4) is 0 Å². The second-order valence-corrected chi connectivity index (χ2v) is 4.73. The Bertz CT molecular complexity index is 342. The van der Waals surface area contributed by atoms with Crippen LogP contribution in [0.15, 0.2) is 4.52 Å². The van der Waals surface area contributed by atoms with Crippen LogP contribution in [-0.2, 0) is 4.74 Å². The lowest BCUT2D eigenvalue weighted by atomic mass is 10.1. The predicted octanol–water partition coefficient (Wildman–Crippen LogP) is 2.76. The normalized spacial score (nSPS) is 22.0. The van der Waals surface area contributed by atoms with Crippen LogP contribution in [0.4, 0.5) is 0 Å². The maximum absolute atomic E-state index is 5.66. The van der Waals surface area contributed by atoms with Gasteiger partial charge in [0.25, 0.3) is 0 Å². The molecule has 0 aliphatic carbocycles. The van der Waals surface area contributed by atoms with Crippen molar-refractivity contribution in [3.8, 4) is 0 Å². The third kappa shape index (κ3) is 3.29. The molecule has 1 unspecified atom stereocenters. The molecule has 18 heavy (non-hydrogen) atoms. The van der Waals surface area contributed by atoms with Crippen LogP contribution in [0.5, 0.6) is 0 Å². The third-order valence-electron chi connectivity index (χ3n) is 3.27. The Hall–Kier alpha value is -0.940. The Morgan fingerprint density at radius 2 is 2.33 bits per heavy atom. The Labute approximate surface area is 108 Å². The molecule has 1 saturated heterocycles.